The Balaban J connectivity index is 1.74. The minimum atomic E-state index is -0.281. The van der Waals surface area contributed by atoms with E-state index in [-0.39, 0.29) is 36.3 Å². The Morgan fingerprint density at radius 3 is 2.33 bits per heavy atom. The Bertz CT molecular complexity index is 652. The number of carbonyl (C=O) groups is 2. The van der Waals surface area contributed by atoms with Gasteiger partial charge in [-0.25, -0.2) is 4.39 Å². The molecule has 1 heterocycles. The number of hydrogen-bond donors (Lipinski definition) is 1. The molecule has 7 heteroatoms. The molecular weight excluding hydrogens is 347 g/mol. The quantitative estimate of drug-likeness (QED) is 0.811. The number of carbonyl (C=O) groups excluding carboxylic acids is 2. The summed E-state index contributed by atoms with van der Waals surface area (Å²) in [7, 11) is 1.77. The van der Waals surface area contributed by atoms with Crippen LogP contribution in [0, 0.1) is 5.82 Å². The molecule has 1 aliphatic rings. The molecule has 27 heavy (non-hydrogen) atoms. The van der Waals surface area contributed by atoms with Crippen molar-refractivity contribution in [3.63, 3.8) is 0 Å². The van der Waals surface area contributed by atoms with E-state index in [1.807, 2.05) is 31.7 Å². The summed E-state index contributed by atoms with van der Waals surface area (Å²) in [5, 5.41) is 2.89. The van der Waals surface area contributed by atoms with Gasteiger partial charge in [-0.2, -0.15) is 0 Å². The third kappa shape index (κ3) is 7.27. The minimum absolute atomic E-state index is 0.0200. The van der Waals surface area contributed by atoms with Gasteiger partial charge < -0.3 is 10.2 Å². The van der Waals surface area contributed by atoms with Crippen LogP contribution in [0.15, 0.2) is 24.3 Å². The van der Waals surface area contributed by atoms with Crippen LogP contribution in [0.1, 0.15) is 26.3 Å². The third-order valence-electron chi connectivity index (χ3n) is 4.41. The van der Waals surface area contributed by atoms with Crippen LogP contribution < -0.4 is 5.32 Å². The molecule has 1 fully saturated rings. The maximum absolute atomic E-state index is 13.8. The predicted molar refractivity (Wildman–Crippen MR) is 104 cm³/mol. The van der Waals surface area contributed by atoms with Gasteiger partial charge in [-0.15, -0.1) is 0 Å². The van der Waals surface area contributed by atoms with Gasteiger partial charge in [0.25, 0.3) is 0 Å². The number of rotatable bonds is 6. The number of nitrogens with one attached hydrogen (secondary N) is 1. The average molecular weight is 378 g/mol. The van der Waals surface area contributed by atoms with Crippen molar-refractivity contribution in [3.8, 4) is 0 Å². The van der Waals surface area contributed by atoms with E-state index in [2.05, 4.69) is 10.2 Å². The number of likely N-dealkylation sites (N-methyl/N-ethyl adjacent to an activating group) is 1. The average Bonchev–Trinajstić information content (AvgIpc) is 2.55. The van der Waals surface area contributed by atoms with Gasteiger partial charge in [-0.1, -0.05) is 18.2 Å². The molecule has 2 amide bonds. The van der Waals surface area contributed by atoms with Crippen LogP contribution in [0.2, 0.25) is 0 Å². The van der Waals surface area contributed by atoms with E-state index in [1.165, 1.54) is 6.07 Å². The topological polar surface area (TPSA) is 55.9 Å². The van der Waals surface area contributed by atoms with E-state index in [0.717, 1.165) is 0 Å². The molecule has 0 atom stereocenters. The zero-order valence-electron chi connectivity index (χ0n) is 16.8. The molecule has 1 aliphatic heterocycles. The lowest BCUT2D eigenvalue weighted by Crippen LogP contribution is -2.51. The number of hydrogen-bond acceptors (Lipinski definition) is 4. The zero-order chi connectivity index (χ0) is 20.0. The SMILES string of the molecule is CN(CC(=O)NC(C)(C)C)CC(=O)N1CCN(Cc2ccccc2F)CC1. The summed E-state index contributed by atoms with van der Waals surface area (Å²) in [6.07, 6.45) is 0. The molecule has 2 rings (SSSR count). The molecular formula is C20H31FN4O2. The van der Waals surface area contributed by atoms with Crippen molar-refractivity contribution >= 4 is 11.8 Å². The highest BCUT2D eigenvalue weighted by Gasteiger charge is 2.23. The molecule has 0 unspecified atom stereocenters. The van der Waals surface area contributed by atoms with Crippen LogP contribution >= 0.6 is 0 Å². The number of halogens is 1. The van der Waals surface area contributed by atoms with Crippen molar-refractivity contribution in [2.24, 2.45) is 0 Å². The highest BCUT2D eigenvalue weighted by molar-refractivity contribution is 5.81. The Labute approximate surface area is 161 Å². The summed E-state index contributed by atoms with van der Waals surface area (Å²) in [5.74, 6) is -0.259. The zero-order valence-corrected chi connectivity index (χ0v) is 16.8. The molecule has 1 saturated heterocycles. The van der Waals surface area contributed by atoms with Gasteiger partial charge in [-0.05, 0) is 33.9 Å². The van der Waals surface area contributed by atoms with Gasteiger partial charge in [0.1, 0.15) is 5.82 Å². The maximum Gasteiger partial charge on any atom is 0.236 e. The smallest absolute Gasteiger partial charge is 0.236 e. The lowest BCUT2D eigenvalue weighted by Gasteiger charge is -2.35. The van der Waals surface area contributed by atoms with Crippen LogP contribution in [-0.4, -0.2) is 78.4 Å². The summed E-state index contributed by atoms with van der Waals surface area (Å²) in [6, 6.07) is 6.79. The normalized spacial score (nSPS) is 15.9. The maximum atomic E-state index is 13.8. The van der Waals surface area contributed by atoms with Crippen LogP contribution in [-0.2, 0) is 16.1 Å². The predicted octanol–water partition coefficient (Wildman–Crippen LogP) is 1.32. The first-order chi connectivity index (χ1) is 12.6. The molecule has 1 N–H and O–H groups in total. The van der Waals surface area contributed by atoms with Gasteiger partial charge in [0.2, 0.25) is 11.8 Å². The second-order valence-electron chi connectivity index (χ2n) is 8.22. The van der Waals surface area contributed by atoms with E-state index >= 15 is 0 Å². The largest absolute Gasteiger partial charge is 0.350 e. The molecule has 1 aromatic carbocycles. The van der Waals surface area contributed by atoms with Gasteiger partial charge in [0.05, 0.1) is 13.1 Å². The van der Waals surface area contributed by atoms with Crippen molar-refractivity contribution in [2.75, 3.05) is 46.3 Å². The lowest BCUT2D eigenvalue weighted by atomic mass is 10.1. The van der Waals surface area contributed by atoms with Gasteiger partial charge in [0, 0.05) is 43.8 Å². The first kappa shape index (κ1) is 21.3. The Morgan fingerprint density at radius 1 is 1.11 bits per heavy atom. The molecule has 6 nitrogen and oxygen atoms in total. The van der Waals surface area contributed by atoms with Gasteiger partial charge in [-0.3, -0.25) is 19.4 Å². The first-order valence-corrected chi connectivity index (χ1v) is 9.37. The molecule has 0 spiro atoms. The van der Waals surface area contributed by atoms with Crippen molar-refractivity contribution in [2.45, 2.75) is 32.9 Å². The Morgan fingerprint density at radius 2 is 1.74 bits per heavy atom. The van der Waals surface area contributed by atoms with Crippen molar-refractivity contribution in [1.29, 1.82) is 0 Å². The molecule has 0 aliphatic carbocycles. The van der Waals surface area contributed by atoms with E-state index in [9.17, 15) is 14.0 Å². The van der Waals surface area contributed by atoms with Crippen molar-refractivity contribution in [3.05, 3.63) is 35.6 Å². The van der Waals surface area contributed by atoms with E-state index in [1.54, 1.807) is 24.1 Å². The molecule has 1 aromatic rings. The van der Waals surface area contributed by atoms with Crippen LogP contribution in [0.3, 0.4) is 0 Å². The van der Waals surface area contributed by atoms with Crippen LogP contribution in [0.5, 0.6) is 0 Å². The highest BCUT2D eigenvalue weighted by atomic mass is 19.1. The first-order valence-electron chi connectivity index (χ1n) is 9.37. The fraction of sp³-hybridized carbons (Fsp3) is 0.600. The Hall–Kier alpha value is -1.99. The van der Waals surface area contributed by atoms with Gasteiger partial charge in [0.15, 0.2) is 0 Å². The molecule has 0 bridgehead atoms. The summed E-state index contributed by atoms with van der Waals surface area (Å²) in [6.45, 7) is 9.42. The van der Waals surface area contributed by atoms with Gasteiger partial charge >= 0.3 is 0 Å². The monoisotopic (exact) mass is 378 g/mol. The van der Waals surface area contributed by atoms with Crippen LogP contribution in [0.25, 0.3) is 0 Å². The number of amides is 2. The highest BCUT2D eigenvalue weighted by Crippen LogP contribution is 2.12. The van der Waals surface area contributed by atoms with Crippen molar-refractivity contribution in [1.82, 2.24) is 20.0 Å². The fourth-order valence-corrected chi connectivity index (χ4v) is 3.11. The lowest BCUT2D eigenvalue weighted by molar-refractivity contribution is -0.134. The van der Waals surface area contributed by atoms with Crippen molar-refractivity contribution < 1.29 is 14.0 Å². The fourth-order valence-electron chi connectivity index (χ4n) is 3.11. The Kier molecular flexibility index (Phi) is 7.33. The molecule has 0 aromatic heterocycles. The van der Waals surface area contributed by atoms with E-state index < -0.39 is 0 Å². The summed E-state index contributed by atoms with van der Waals surface area (Å²) >= 11 is 0. The van der Waals surface area contributed by atoms with E-state index in [4.69, 9.17) is 0 Å². The number of benzene rings is 1. The van der Waals surface area contributed by atoms with E-state index in [0.29, 0.717) is 38.3 Å². The number of piperazine rings is 1. The summed E-state index contributed by atoms with van der Waals surface area (Å²) < 4.78 is 13.8. The second kappa shape index (κ2) is 9.28. The summed E-state index contributed by atoms with van der Waals surface area (Å²) in [4.78, 5) is 30.1. The van der Waals surface area contributed by atoms with Crippen LogP contribution in [0.4, 0.5) is 4.39 Å². The molecule has 0 saturated carbocycles. The standard InChI is InChI=1S/C20H31FN4O2/c1-20(2,3)22-18(26)14-23(4)15-19(27)25-11-9-24(10-12-25)13-16-7-5-6-8-17(16)21/h5-8H,9-15H2,1-4H3,(H,22,26). The minimum Gasteiger partial charge on any atom is -0.350 e. The summed E-state index contributed by atoms with van der Waals surface area (Å²) in [5.41, 5.74) is 0.401. The second-order valence-corrected chi connectivity index (χ2v) is 8.22. The molecule has 0 radical (unpaired) electrons. The third-order valence-corrected chi connectivity index (χ3v) is 4.41. The molecule has 150 valence electrons. The number of nitrogens with zero attached hydrogens (tertiary/aromatic N) is 3.